The van der Waals surface area contributed by atoms with Gasteiger partial charge < -0.3 is 9.47 Å². The van der Waals surface area contributed by atoms with Crippen molar-refractivity contribution in [3.63, 3.8) is 0 Å². The van der Waals surface area contributed by atoms with Gasteiger partial charge in [0.25, 0.3) is 5.88 Å². The number of nitrogens with zero attached hydrogens (tertiary/aromatic N) is 3. The number of ether oxygens (including phenoxy) is 2. The number of unbranched alkanes of at least 4 members (excludes halogenated alkanes) is 3. The quantitative estimate of drug-likeness (QED) is 0.589. The smallest absolute Gasteiger partial charge is 0.280 e. The standard InChI is InChI=1S/C20H29N3O2/c1-5-8-9-10-14-25-20-19(24-4)18(21-23-22-20)17-13-11-12-15(6-2)16(17)7-3/h11-13H,5-10,14H2,1-4H3. The van der Waals surface area contributed by atoms with Gasteiger partial charge in [0.1, 0.15) is 5.69 Å². The van der Waals surface area contributed by atoms with Crippen LogP contribution < -0.4 is 9.47 Å². The zero-order valence-electron chi connectivity index (χ0n) is 15.8. The van der Waals surface area contributed by atoms with Crippen molar-refractivity contribution in [3.05, 3.63) is 29.3 Å². The van der Waals surface area contributed by atoms with Crippen LogP contribution >= 0.6 is 0 Å². The summed E-state index contributed by atoms with van der Waals surface area (Å²) in [6.45, 7) is 7.13. The Morgan fingerprint density at radius 1 is 0.960 bits per heavy atom. The summed E-state index contributed by atoms with van der Waals surface area (Å²) in [5.41, 5.74) is 4.35. The van der Waals surface area contributed by atoms with Gasteiger partial charge in [-0.25, -0.2) is 0 Å². The van der Waals surface area contributed by atoms with Crippen LogP contribution in [0.4, 0.5) is 0 Å². The first-order chi connectivity index (χ1) is 12.3. The summed E-state index contributed by atoms with van der Waals surface area (Å²) in [6.07, 6.45) is 6.50. The molecule has 0 aliphatic carbocycles. The Balaban J connectivity index is 2.32. The number of hydrogen-bond acceptors (Lipinski definition) is 5. The highest BCUT2D eigenvalue weighted by molar-refractivity contribution is 5.72. The van der Waals surface area contributed by atoms with Gasteiger partial charge in [-0.1, -0.05) is 63.3 Å². The van der Waals surface area contributed by atoms with Gasteiger partial charge in [0, 0.05) is 5.56 Å². The van der Waals surface area contributed by atoms with E-state index in [-0.39, 0.29) is 0 Å². The molecule has 0 fully saturated rings. The van der Waals surface area contributed by atoms with Crippen molar-refractivity contribution in [2.24, 2.45) is 0 Å². The first kappa shape index (κ1) is 19.2. The van der Waals surface area contributed by atoms with E-state index in [0.29, 0.717) is 23.9 Å². The van der Waals surface area contributed by atoms with E-state index in [1.54, 1.807) is 7.11 Å². The van der Waals surface area contributed by atoms with Gasteiger partial charge in [0.05, 0.1) is 13.7 Å². The van der Waals surface area contributed by atoms with Crippen LogP contribution in [0.5, 0.6) is 11.6 Å². The van der Waals surface area contributed by atoms with E-state index in [1.807, 2.05) is 0 Å². The second-order valence-corrected chi connectivity index (χ2v) is 6.04. The maximum atomic E-state index is 5.83. The minimum Gasteiger partial charge on any atom is -0.490 e. The fraction of sp³-hybridized carbons (Fsp3) is 0.550. The molecule has 1 heterocycles. The maximum absolute atomic E-state index is 5.83. The number of benzene rings is 1. The molecule has 0 bridgehead atoms. The Labute approximate surface area is 150 Å². The second kappa shape index (κ2) is 9.97. The van der Waals surface area contributed by atoms with Crippen molar-refractivity contribution in [1.29, 1.82) is 0 Å². The van der Waals surface area contributed by atoms with Crippen molar-refractivity contribution in [2.45, 2.75) is 59.3 Å². The summed E-state index contributed by atoms with van der Waals surface area (Å²) in [7, 11) is 1.63. The van der Waals surface area contributed by atoms with Gasteiger partial charge in [-0.05, 0) is 35.6 Å². The summed E-state index contributed by atoms with van der Waals surface area (Å²) in [4.78, 5) is 0. The van der Waals surface area contributed by atoms with Crippen molar-refractivity contribution >= 4 is 0 Å². The topological polar surface area (TPSA) is 57.1 Å². The minimum atomic E-state index is 0.424. The Morgan fingerprint density at radius 2 is 1.80 bits per heavy atom. The lowest BCUT2D eigenvalue weighted by Crippen LogP contribution is -2.06. The highest BCUT2D eigenvalue weighted by atomic mass is 16.5. The molecule has 0 atom stereocenters. The van der Waals surface area contributed by atoms with Crippen molar-refractivity contribution in [1.82, 2.24) is 15.4 Å². The summed E-state index contributed by atoms with van der Waals surface area (Å²) in [5, 5.41) is 12.2. The summed E-state index contributed by atoms with van der Waals surface area (Å²) < 4.78 is 11.4. The molecule has 0 radical (unpaired) electrons. The molecule has 136 valence electrons. The predicted molar refractivity (Wildman–Crippen MR) is 100 cm³/mol. The number of aryl methyl sites for hydroxylation is 1. The molecule has 0 amide bonds. The Bertz CT molecular complexity index is 674. The molecule has 25 heavy (non-hydrogen) atoms. The number of rotatable bonds is 10. The SMILES string of the molecule is CCCCCCOc1nnnc(-c2cccc(CC)c2CC)c1OC. The van der Waals surface area contributed by atoms with Gasteiger partial charge in [-0.3, -0.25) is 0 Å². The van der Waals surface area contributed by atoms with E-state index in [2.05, 4.69) is 54.4 Å². The van der Waals surface area contributed by atoms with E-state index in [1.165, 1.54) is 24.0 Å². The zero-order valence-corrected chi connectivity index (χ0v) is 15.8. The number of methoxy groups -OCH3 is 1. The fourth-order valence-corrected chi connectivity index (χ4v) is 3.06. The highest BCUT2D eigenvalue weighted by Gasteiger charge is 2.19. The van der Waals surface area contributed by atoms with Gasteiger partial charge in [-0.2, -0.15) is 0 Å². The molecular formula is C20H29N3O2. The molecule has 5 heteroatoms. The monoisotopic (exact) mass is 343 g/mol. The minimum absolute atomic E-state index is 0.424. The lowest BCUT2D eigenvalue weighted by molar-refractivity contribution is 0.268. The Morgan fingerprint density at radius 3 is 2.48 bits per heavy atom. The third-order valence-electron chi connectivity index (χ3n) is 4.39. The van der Waals surface area contributed by atoms with Crippen LogP contribution in [0, 0.1) is 0 Å². The molecule has 2 aromatic rings. The number of aromatic nitrogens is 3. The van der Waals surface area contributed by atoms with Gasteiger partial charge in [0.2, 0.25) is 5.75 Å². The third-order valence-corrected chi connectivity index (χ3v) is 4.39. The van der Waals surface area contributed by atoms with Gasteiger partial charge in [-0.15, -0.1) is 5.10 Å². The van der Waals surface area contributed by atoms with Crippen LogP contribution in [0.3, 0.4) is 0 Å². The lowest BCUT2D eigenvalue weighted by atomic mass is 9.95. The lowest BCUT2D eigenvalue weighted by Gasteiger charge is -2.15. The zero-order chi connectivity index (χ0) is 18.1. The van der Waals surface area contributed by atoms with Crippen LogP contribution in [0.1, 0.15) is 57.6 Å². The van der Waals surface area contributed by atoms with E-state index in [0.717, 1.165) is 31.2 Å². The summed E-state index contributed by atoms with van der Waals surface area (Å²) in [6, 6.07) is 6.28. The van der Waals surface area contributed by atoms with Crippen molar-refractivity contribution in [3.8, 4) is 22.9 Å². The second-order valence-electron chi connectivity index (χ2n) is 6.04. The molecule has 0 aliphatic heterocycles. The Hall–Kier alpha value is -2.17. The molecule has 0 saturated heterocycles. The van der Waals surface area contributed by atoms with E-state index in [9.17, 15) is 0 Å². The van der Waals surface area contributed by atoms with E-state index >= 15 is 0 Å². The molecule has 0 saturated carbocycles. The first-order valence-electron chi connectivity index (χ1n) is 9.27. The van der Waals surface area contributed by atoms with Crippen LogP contribution in [0.15, 0.2) is 18.2 Å². The molecule has 1 aromatic carbocycles. The van der Waals surface area contributed by atoms with Crippen LogP contribution in [-0.4, -0.2) is 29.1 Å². The molecular weight excluding hydrogens is 314 g/mol. The summed E-state index contributed by atoms with van der Waals surface area (Å²) in [5.74, 6) is 0.987. The molecule has 0 spiro atoms. The fourth-order valence-electron chi connectivity index (χ4n) is 3.06. The van der Waals surface area contributed by atoms with Gasteiger partial charge in [0.15, 0.2) is 0 Å². The van der Waals surface area contributed by atoms with E-state index in [4.69, 9.17) is 9.47 Å². The van der Waals surface area contributed by atoms with Crippen LogP contribution in [-0.2, 0) is 12.8 Å². The number of hydrogen-bond donors (Lipinski definition) is 0. The molecule has 5 nitrogen and oxygen atoms in total. The molecule has 0 aliphatic rings. The van der Waals surface area contributed by atoms with Gasteiger partial charge >= 0.3 is 0 Å². The average molecular weight is 343 g/mol. The van der Waals surface area contributed by atoms with Crippen molar-refractivity contribution < 1.29 is 9.47 Å². The summed E-state index contributed by atoms with van der Waals surface area (Å²) >= 11 is 0. The van der Waals surface area contributed by atoms with E-state index < -0.39 is 0 Å². The first-order valence-corrected chi connectivity index (χ1v) is 9.27. The van der Waals surface area contributed by atoms with Crippen LogP contribution in [0.2, 0.25) is 0 Å². The third kappa shape index (κ3) is 4.68. The largest absolute Gasteiger partial charge is 0.490 e. The molecule has 0 N–H and O–H groups in total. The average Bonchev–Trinajstić information content (AvgIpc) is 2.66. The molecule has 2 rings (SSSR count). The normalized spacial score (nSPS) is 10.7. The highest BCUT2D eigenvalue weighted by Crippen LogP contribution is 2.36. The van der Waals surface area contributed by atoms with Crippen molar-refractivity contribution in [2.75, 3.05) is 13.7 Å². The molecule has 0 unspecified atom stereocenters. The Kier molecular flexibility index (Phi) is 7.64. The van der Waals surface area contributed by atoms with Crippen LogP contribution in [0.25, 0.3) is 11.3 Å². The predicted octanol–water partition coefficient (Wildman–Crippen LogP) is 4.63. The molecule has 1 aromatic heterocycles. The maximum Gasteiger partial charge on any atom is 0.280 e.